The minimum atomic E-state index is -0.205. The lowest BCUT2D eigenvalue weighted by Crippen LogP contribution is -2.44. The van der Waals surface area contributed by atoms with Crippen LogP contribution in [0, 0.1) is 0 Å². The van der Waals surface area contributed by atoms with Crippen molar-refractivity contribution in [2.75, 3.05) is 5.32 Å². The molecule has 20 heavy (non-hydrogen) atoms. The third-order valence-corrected chi connectivity index (χ3v) is 3.73. The molecule has 1 heterocycles. The van der Waals surface area contributed by atoms with Gasteiger partial charge in [0.2, 0.25) is 5.91 Å². The summed E-state index contributed by atoms with van der Waals surface area (Å²) in [6.07, 6.45) is 0.711. The van der Waals surface area contributed by atoms with Gasteiger partial charge in [-0.1, -0.05) is 41.9 Å². The summed E-state index contributed by atoms with van der Waals surface area (Å²) in [6.45, 7) is 0.726. The average molecular weight is 287 g/mol. The van der Waals surface area contributed by atoms with Gasteiger partial charge in [-0.3, -0.25) is 4.79 Å². The fourth-order valence-corrected chi connectivity index (χ4v) is 2.63. The predicted octanol–water partition coefficient (Wildman–Crippen LogP) is 2.99. The number of rotatable bonds is 2. The highest BCUT2D eigenvalue weighted by atomic mass is 35.5. The van der Waals surface area contributed by atoms with Crippen molar-refractivity contribution in [2.24, 2.45) is 0 Å². The van der Waals surface area contributed by atoms with Gasteiger partial charge in [-0.25, -0.2) is 0 Å². The Kier molecular flexibility index (Phi) is 3.72. The van der Waals surface area contributed by atoms with E-state index in [0.717, 1.165) is 12.2 Å². The van der Waals surface area contributed by atoms with E-state index in [9.17, 15) is 4.79 Å². The van der Waals surface area contributed by atoms with Crippen LogP contribution in [0.4, 0.5) is 5.69 Å². The lowest BCUT2D eigenvalue weighted by atomic mass is 9.95. The number of benzene rings is 2. The van der Waals surface area contributed by atoms with Crippen molar-refractivity contribution >= 4 is 23.2 Å². The van der Waals surface area contributed by atoms with Gasteiger partial charge in [0.05, 0.1) is 6.04 Å². The van der Waals surface area contributed by atoms with Gasteiger partial charge in [-0.15, -0.1) is 0 Å². The van der Waals surface area contributed by atoms with E-state index in [1.54, 1.807) is 12.1 Å². The van der Waals surface area contributed by atoms with Gasteiger partial charge >= 0.3 is 0 Å². The summed E-state index contributed by atoms with van der Waals surface area (Å²) in [4.78, 5) is 12.3. The highest BCUT2D eigenvalue weighted by Gasteiger charge is 2.23. The molecule has 0 saturated carbocycles. The summed E-state index contributed by atoms with van der Waals surface area (Å²) >= 11 is 5.91. The van der Waals surface area contributed by atoms with Crippen LogP contribution in [-0.4, -0.2) is 11.9 Å². The molecule has 2 aromatic carbocycles. The molecular formula is C16H15ClN2O. The second-order valence-electron chi connectivity index (χ2n) is 4.91. The van der Waals surface area contributed by atoms with Gasteiger partial charge in [0.25, 0.3) is 0 Å². The average Bonchev–Trinajstić information content (AvgIpc) is 2.47. The number of hydrogen-bond acceptors (Lipinski definition) is 2. The summed E-state index contributed by atoms with van der Waals surface area (Å²) in [6, 6.07) is 15.2. The van der Waals surface area contributed by atoms with Gasteiger partial charge in [0.15, 0.2) is 0 Å². The Morgan fingerprint density at radius 3 is 2.75 bits per heavy atom. The Morgan fingerprint density at radius 2 is 1.95 bits per heavy atom. The fourth-order valence-electron chi connectivity index (χ4n) is 2.44. The van der Waals surface area contributed by atoms with Crippen LogP contribution >= 0.6 is 11.6 Å². The van der Waals surface area contributed by atoms with E-state index >= 15 is 0 Å². The maximum Gasteiger partial charge on any atom is 0.241 e. The number of anilines is 1. The Morgan fingerprint density at radius 1 is 1.15 bits per heavy atom. The van der Waals surface area contributed by atoms with Crippen LogP contribution in [0.5, 0.6) is 0 Å². The first-order chi connectivity index (χ1) is 9.72. The molecule has 102 valence electrons. The second-order valence-corrected chi connectivity index (χ2v) is 5.34. The standard InChI is InChI=1S/C16H15ClN2O/c17-13-6-3-7-14(9-13)19-16(20)15-8-11-4-1-2-5-12(11)10-18-15/h1-7,9,15,18H,8,10H2,(H,19,20). The third kappa shape index (κ3) is 2.84. The second kappa shape index (κ2) is 5.65. The summed E-state index contributed by atoms with van der Waals surface area (Å²) in [5.41, 5.74) is 3.22. The Bertz CT molecular complexity index is 642. The Labute approximate surface area is 123 Å². The first-order valence-electron chi connectivity index (χ1n) is 6.59. The molecule has 0 bridgehead atoms. The molecule has 0 spiro atoms. The number of hydrogen-bond donors (Lipinski definition) is 2. The van der Waals surface area contributed by atoms with E-state index in [0.29, 0.717) is 11.4 Å². The van der Waals surface area contributed by atoms with Crippen molar-refractivity contribution in [1.82, 2.24) is 5.32 Å². The van der Waals surface area contributed by atoms with Crippen molar-refractivity contribution in [2.45, 2.75) is 19.0 Å². The van der Waals surface area contributed by atoms with Gasteiger partial charge in [-0.05, 0) is 35.7 Å². The van der Waals surface area contributed by atoms with Crippen molar-refractivity contribution < 1.29 is 4.79 Å². The highest BCUT2D eigenvalue weighted by molar-refractivity contribution is 6.30. The summed E-state index contributed by atoms with van der Waals surface area (Å²) in [5.74, 6) is -0.0261. The minimum absolute atomic E-state index is 0.0261. The molecule has 1 unspecified atom stereocenters. The summed E-state index contributed by atoms with van der Waals surface area (Å²) < 4.78 is 0. The minimum Gasteiger partial charge on any atom is -0.325 e. The molecule has 3 rings (SSSR count). The lowest BCUT2D eigenvalue weighted by Gasteiger charge is -2.25. The Hall–Kier alpha value is -1.84. The van der Waals surface area contributed by atoms with E-state index < -0.39 is 0 Å². The van der Waals surface area contributed by atoms with Gasteiger partial charge in [0, 0.05) is 17.3 Å². The van der Waals surface area contributed by atoms with Crippen molar-refractivity contribution in [1.29, 1.82) is 0 Å². The molecule has 0 fully saturated rings. The maximum absolute atomic E-state index is 12.3. The third-order valence-electron chi connectivity index (χ3n) is 3.49. The Balaban J connectivity index is 1.70. The molecule has 1 amide bonds. The zero-order valence-electron chi connectivity index (χ0n) is 10.9. The van der Waals surface area contributed by atoms with E-state index in [1.165, 1.54) is 11.1 Å². The van der Waals surface area contributed by atoms with Crippen molar-refractivity contribution in [3.05, 3.63) is 64.7 Å². The summed E-state index contributed by atoms with van der Waals surface area (Å²) in [7, 11) is 0. The number of carbonyl (C=O) groups excluding carboxylic acids is 1. The number of carbonyl (C=O) groups is 1. The zero-order chi connectivity index (χ0) is 13.9. The van der Waals surface area contributed by atoms with Crippen LogP contribution in [0.25, 0.3) is 0 Å². The predicted molar refractivity (Wildman–Crippen MR) is 80.9 cm³/mol. The number of nitrogens with one attached hydrogen (secondary N) is 2. The quantitative estimate of drug-likeness (QED) is 0.891. The molecule has 2 aromatic rings. The molecule has 1 atom stereocenters. The molecule has 0 aromatic heterocycles. The zero-order valence-corrected chi connectivity index (χ0v) is 11.7. The van der Waals surface area contributed by atoms with Crippen LogP contribution in [-0.2, 0) is 17.8 Å². The van der Waals surface area contributed by atoms with Gasteiger partial charge in [0.1, 0.15) is 0 Å². The molecule has 0 aliphatic carbocycles. The summed E-state index contributed by atoms with van der Waals surface area (Å²) in [5, 5.41) is 6.78. The smallest absolute Gasteiger partial charge is 0.241 e. The van der Waals surface area contributed by atoms with Crippen LogP contribution < -0.4 is 10.6 Å². The van der Waals surface area contributed by atoms with Gasteiger partial charge < -0.3 is 10.6 Å². The molecule has 4 heteroatoms. The molecule has 1 aliphatic heterocycles. The molecular weight excluding hydrogens is 272 g/mol. The number of amides is 1. The van der Waals surface area contributed by atoms with E-state index in [-0.39, 0.29) is 11.9 Å². The topological polar surface area (TPSA) is 41.1 Å². The van der Waals surface area contributed by atoms with Crippen LogP contribution in [0.1, 0.15) is 11.1 Å². The highest BCUT2D eigenvalue weighted by Crippen LogP contribution is 2.19. The van der Waals surface area contributed by atoms with Crippen molar-refractivity contribution in [3.8, 4) is 0 Å². The fraction of sp³-hybridized carbons (Fsp3) is 0.188. The molecule has 1 aliphatic rings. The number of halogens is 1. The monoisotopic (exact) mass is 286 g/mol. The SMILES string of the molecule is O=C(Nc1cccc(Cl)c1)C1Cc2ccccc2CN1. The normalized spacial score (nSPS) is 17.4. The first kappa shape index (κ1) is 13.2. The van der Waals surface area contributed by atoms with Gasteiger partial charge in [-0.2, -0.15) is 0 Å². The van der Waals surface area contributed by atoms with E-state index in [1.807, 2.05) is 24.3 Å². The maximum atomic E-state index is 12.3. The molecule has 0 saturated heterocycles. The molecule has 3 nitrogen and oxygen atoms in total. The van der Waals surface area contributed by atoms with Crippen molar-refractivity contribution in [3.63, 3.8) is 0 Å². The van der Waals surface area contributed by atoms with Crippen LogP contribution in [0.15, 0.2) is 48.5 Å². The number of fused-ring (bicyclic) bond motifs is 1. The first-order valence-corrected chi connectivity index (χ1v) is 6.97. The molecule has 2 N–H and O–H groups in total. The molecule has 0 radical (unpaired) electrons. The van der Waals surface area contributed by atoms with Crippen LogP contribution in [0.3, 0.4) is 0 Å². The lowest BCUT2D eigenvalue weighted by molar-refractivity contribution is -0.118. The van der Waals surface area contributed by atoms with E-state index in [4.69, 9.17) is 11.6 Å². The largest absolute Gasteiger partial charge is 0.325 e. The van der Waals surface area contributed by atoms with E-state index in [2.05, 4.69) is 22.8 Å². The van der Waals surface area contributed by atoms with Crippen LogP contribution in [0.2, 0.25) is 5.02 Å².